The Labute approximate surface area is 357 Å². The Kier molecular flexibility index (Phi) is 11.8. The number of hydrogen-bond donors (Lipinski definition) is 3. The summed E-state index contributed by atoms with van der Waals surface area (Å²) in [6, 6.07) is 30.0. The number of halogens is 2. The smallest absolute Gasteiger partial charge is 0.373 e. The number of fused-ring (bicyclic) bond motifs is 4. The summed E-state index contributed by atoms with van der Waals surface area (Å²) < 4.78 is 14.3. The number of phenols is 1. The monoisotopic (exact) mass is 856 g/mol. The van der Waals surface area contributed by atoms with Gasteiger partial charge in [0.05, 0.1) is 27.2 Å². The minimum absolute atomic E-state index is 0.0418. The van der Waals surface area contributed by atoms with Crippen molar-refractivity contribution in [1.29, 1.82) is 0 Å². The van der Waals surface area contributed by atoms with Crippen LogP contribution in [0.25, 0.3) is 66.8 Å². The summed E-state index contributed by atoms with van der Waals surface area (Å²) in [6.07, 6.45) is 0.704. The van der Waals surface area contributed by atoms with E-state index in [4.69, 9.17) is 41.6 Å². The number of aromatic carboxylic acids is 1. The lowest BCUT2D eigenvalue weighted by Gasteiger charge is -2.21. The molecule has 1 amide bonds. The van der Waals surface area contributed by atoms with Crippen LogP contribution in [0, 0.1) is 0 Å². The van der Waals surface area contributed by atoms with Crippen LogP contribution in [0.3, 0.4) is 0 Å². The highest BCUT2D eigenvalue weighted by molar-refractivity contribution is 6.41. The van der Waals surface area contributed by atoms with E-state index in [-0.39, 0.29) is 50.6 Å². The summed E-state index contributed by atoms with van der Waals surface area (Å²) in [4.78, 5) is 57.1. The molecule has 0 atom stereocenters. The Morgan fingerprint density at radius 1 is 0.770 bits per heavy atom. The molecular weight excluding hydrogens is 821 g/mol. The molecule has 0 radical (unpaired) electrons. The molecule has 0 saturated carbocycles. The highest BCUT2D eigenvalue weighted by Crippen LogP contribution is 2.47. The Hall–Kier alpha value is -7.24. The van der Waals surface area contributed by atoms with Gasteiger partial charge in [-0.3, -0.25) is 9.59 Å². The molecule has 4 aromatic rings. The lowest BCUT2D eigenvalue weighted by Crippen LogP contribution is -2.26. The van der Waals surface area contributed by atoms with Crippen molar-refractivity contribution in [3.05, 3.63) is 145 Å². The van der Waals surface area contributed by atoms with Crippen LogP contribution >= 0.6 is 23.2 Å². The van der Waals surface area contributed by atoms with Gasteiger partial charge in [0.1, 0.15) is 42.5 Å². The molecule has 4 aromatic carbocycles. The van der Waals surface area contributed by atoms with Gasteiger partial charge in [-0.05, 0) is 66.1 Å². The average Bonchev–Trinajstić information content (AvgIpc) is 3.22. The number of carbonyl (C=O) groups excluding carboxylic acids is 3. The maximum absolute atomic E-state index is 13.7. The second-order valence-corrected chi connectivity index (χ2v) is 15.3. The van der Waals surface area contributed by atoms with E-state index in [1.54, 1.807) is 18.2 Å². The molecule has 306 valence electrons. The number of carboxylic acids is 1. The molecule has 61 heavy (non-hydrogen) atoms. The number of benzene rings is 6. The first-order valence-corrected chi connectivity index (χ1v) is 19.5. The van der Waals surface area contributed by atoms with Gasteiger partial charge < -0.3 is 29.3 Å². The van der Waals surface area contributed by atoms with Crippen molar-refractivity contribution in [2.75, 3.05) is 39.6 Å². The molecule has 0 saturated heterocycles. The number of carboxylic acid groups (broad SMARTS) is 1. The van der Waals surface area contributed by atoms with E-state index in [2.05, 4.69) is 5.32 Å². The van der Waals surface area contributed by atoms with Crippen LogP contribution in [0.4, 0.5) is 5.69 Å². The first-order chi connectivity index (χ1) is 29.2. The fraction of sp³-hybridized carbons (Fsp3) is 0.128. The third-order valence-corrected chi connectivity index (χ3v) is 11.0. The molecule has 12 nitrogen and oxygen atoms in total. The molecule has 0 unspecified atom stereocenters. The van der Waals surface area contributed by atoms with Gasteiger partial charge in [0.15, 0.2) is 5.43 Å². The maximum atomic E-state index is 13.7. The topological polar surface area (TPSA) is 170 Å². The lowest BCUT2D eigenvalue weighted by molar-refractivity contribution is -0.191. The number of rotatable bonds is 8. The highest BCUT2D eigenvalue weighted by Gasteiger charge is 2.30. The second kappa shape index (κ2) is 17.2. The van der Waals surface area contributed by atoms with Gasteiger partial charge in [-0.15, -0.1) is 0 Å². The van der Waals surface area contributed by atoms with Crippen molar-refractivity contribution >= 4 is 68.9 Å². The van der Waals surface area contributed by atoms with E-state index in [1.807, 2.05) is 98.3 Å². The number of nitrogens with one attached hydrogen (secondary N) is 1. The van der Waals surface area contributed by atoms with Crippen LogP contribution < -0.4 is 25.6 Å². The Morgan fingerprint density at radius 2 is 1.39 bits per heavy atom. The van der Waals surface area contributed by atoms with Crippen LogP contribution in [0.2, 0.25) is 10.0 Å². The van der Waals surface area contributed by atoms with Crippen molar-refractivity contribution in [2.45, 2.75) is 6.42 Å². The summed E-state index contributed by atoms with van der Waals surface area (Å²) >= 11 is 13.9. The fourth-order valence-corrected chi connectivity index (χ4v) is 7.97. The third kappa shape index (κ3) is 8.20. The van der Waals surface area contributed by atoms with E-state index in [0.717, 1.165) is 38.7 Å². The van der Waals surface area contributed by atoms with Gasteiger partial charge in [-0.1, -0.05) is 47.5 Å². The molecule has 14 heteroatoms. The van der Waals surface area contributed by atoms with Crippen LogP contribution in [0.5, 0.6) is 5.75 Å². The average molecular weight is 858 g/mol. The van der Waals surface area contributed by atoms with E-state index in [9.17, 15) is 24.6 Å². The zero-order chi connectivity index (χ0) is 43.7. The molecule has 0 fully saturated rings. The van der Waals surface area contributed by atoms with Crippen LogP contribution in [0.1, 0.15) is 26.3 Å². The van der Waals surface area contributed by atoms with E-state index in [1.165, 1.54) is 24.3 Å². The first-order valence-electron chi connectivity index (χ1n) is 18.7. The summed E-state index contributed by atoms with van der Waals surface area (Å²) in [6.45, 7) is 0.218. The number of hydrogen-bond acceptors (Lipinski definition) is 9. The van der Waals surface area contributed by atoms with Crippen LogP contribution in [-0.2, 0) is 16.0 Å². The first kappa shape index (κ1) is 41.9. The number of aromatic hydroxyl groups is 1. The van der Waals surface area contributed by atoms with Crippen molar-refractivity contribution in [1.82, 2.24) is 9.89 Å². The summed E-state index contributed by atoms with van der Waals surface area (Å²) in [5.74, 6) is -0.950. The van der Waals surface area contributed by atoms with Crippen molar-refractivity contribution in [2.24, 2.45) is 0 Å². The molecule has 4 aliphatic rings. The molecule has 3 N–H and O–H groups in total. The number of phenolic OH excluding ortho intramolecular Hbond substituents is 1. The van der Waals surface area contributed by atoms with Gasteiger partial charge in [0.25, 0.3) is 5.91 Å². The Bertz CT molecular complexity index is 3140. The fourth-order valence-electron chi connectivity index (χ4n) is 7.35. The van der Waals surface area contributed by atoms with E-state index < -0.39 is 11.9 Å². The predicted molar refractivity (Wildman–Crippen MR) is 234 cm³/mol. The predicted octanol–water partition coefficient (Wildman–Crippen LogP) is 8.28. The second-order valence-electron chi connectivity index (χ2n) is 14.5. The summed E-state index contributed by atoms with van der Waals surface area (Å²) in [5, 5.41) is 25.7. The zero-order valence-corrected chi connectivity index (χ0v) is 34.6. The molecule has 8 rings (SSSR count). The SMILES string of the molecule is CN(C)c1ccc2c(-c3c(Cl)cc(C(=O)NCCc4ccc(-c5c6ccc(=O)cc-6oc6cc(O)ccc56)cc4)c(Cl)c3C(=O)O)c3ccc(=[N+](C)C)cc-3oc2c1.O=C=O. The van der Waals surface area contributed by atoms with Gasteiger partial charge in [0.2, 0.25) is 5.36 Å². The minimum Gasteiger partial charge on any atom is -0.508 e. The molecule has 0 aromatic heterocycles. The quantitative estimate of drug-likeness (QED) is 0.0999. The molecular formula is C47H36Cl2N3O9+. The Morgan fingerprint density at radius 3 is 2.07 bits per heavy atom. The maximum Gasteiger partial charge on any atom is 0.373 e. The standard InChI is InChI=1S/C46H35Cl2N3O7.CO2/c1-50(2)26-9-13-32-36(19-26)57-37-20-27(51(3)4)10-14-33(37)41(32)42-35(47)23-34(44(48)43(42)46(55)56)45(54)49-18-17-24-5-7-25(8-6-24)40-30-15-11-28(52)21-38(30)58-39-22-29(53)12-16-31(39)40;2-1-3/h5-16,19-23H,17-18H2,1-4H3,(H2-,49,52,53,54,55,56);/p+1. The normalized spacial score (nSPS) is 11.0. The largest absolute Gasteiger partial charge is 0.508 e. The number of amides is 1. The molecule has 2 aliphatic carbocycles. The van der Waals surface area contributed by atoms with E-state index in [0.29, 0.717) is 45.6 Å². The number of nitrogens with zero attached hydrogens (tertiary/aromatic N) is 2. The lowest BCUT2D eigenvalue weighted by atomic mass is 9.89. The molecule has 0 bridgehead atoms. The highest BCUT2D eigenvalue weighted by atomic mass is 35.5. The number of carbonyl (C=O) groups is 2. The van der Waals surface area contributed by atoms with Crippen LogP contribution in [0.15, 0.2) is 117 Å². The van der Waals surface area contributed by atoms with Crippen LogP contribution in [-0.4, -0.2) is 63.0 Å². The van der Waals surface area contributed by atoms with Crippen molar-refractivity contribution < 1.29 is 38.2 Å². The minimum atomic E-state index is -1.34. The zero-order valence-electron chi connectivity index (χ0n) is 33.1. The van der Waals surface area contributed by atoms with Gasteiger partial charge in [0, 0.05) is 89.2 Å². The van der Waals surface area contributed by atoms with Gasteiger partial charge in [-0.2, -0.15) is 9.59 Å². The van der Waals surface area contributed by atoms with Gasteiger partial charge in [-0.25, -0.2) is 9.37 Å². The summed E-state index contributed by atoms with van der Waals surface area (Å²) in [7, 11) is 7.66. The van der Waals surface area contributed by atoms with Crippen molar-refractivity contribution in [3.63, 3.8) is 0 Å². The van der Waals surface area contributed by atoms with Crippen molar-refractivity contribution in [3.8, 4) is 50.7 Å². The van der Waals surface area contributed by atoms with E-state index >= 15 is 0 Å². The molecule has 2 aliphatic heterocycles. The third-order valence-electron chi connectivity index (χ3n) is 10.3. The Balaban J connectivity index is 0.00000182. The summed E-state index contributed by atoms with van der Waals surface area (Å²) in [5.41, 5.74) is 6.00. The number of anilines is 1. The molecule has 2 heterocycles. The molecule has 0 spiro atoms. The van der Waals surface area contributed by atoms with Gasteiger partial charge >= 0.3 is 12.1 Å².